The van der Waals surface area contributed by atoms with Crippen molar-refractivity contribution in [1.29, 1.82) is 0 Å². The summed E-state index contributed by atoms with van der Waals surface area (Å²) in [5, 5.41) is 6.89. The first-order valence-electron chi connectivity index (χ1n) is 8.90. The van der Waals surface area contributed by atoms with Gasteiger partial charge in [-0.1, -0.05) is 35.5 Å². The quantitative estimate of drug-likeness (QED) is 0.810. The van der Waals surface area contributed by atoms with Gasteiger partial charge in [-0.15, -0.1) is 12.4 Å². The van der Waals surface area contributed by atoms with Crippen LogP contribution in [-0.2, 0) is 4.79 Å². The summed E-state index contributed by atoms with van der Waals surface area (Å²) in [6.45, 7) is 3.61. The van der Waals surface area contributed by atoms with Crippen molar-refractivity contribution in [3.63, 3.8) is 0 Å². The predicted octanol–water partition coefficient (Wildman–Crippen LogP) is 2.00. The number of nitrogens with two attached hydrogens (primary N) is 1. The van der Waals surface area contributed by atoms with Crippen molar-refractivity contribution in [1.82, 2.24) is 15.4 Å². The second-order valence-electron chi connectivity index (χ2n) is 6.50. The molecule has 0 aliphatic carbocycles. The number of amides is 2. The van der Waals surface area contributed by atoms with E-state index in [1.54, 1.807) is 11.8 Å². The number of nitrogens with zero attached hydrogens (tertiary/aromatic N) is 2. The van der Waals surface area contributed by atoms with Gasteiger partial charge in [0.25, 0.3) is 5.91 Å². The fourth-order valence-electron chi connectivity index (χ4n) is 3.29. The first kappa shape index (κ1) is 20.9. The maximum atomic E-state index is 13.1. The lowest BCUT2D eigenvalue weighted by Gasteiger charge is -2.32. The molecular formula is C19H25ClN4O3. The molecule has 1 aromatic heterocycles. The summed E-state index contributed by atoms with van der Waals surface area (Å²) in [6.07, 6.45) is 1.56. The molecule has 0 radical (unpaired) electrons. The molecule has 0 spiro atoms. The molecule has 2 amide bonds. The summed E-state index contributed by atoms with van der Waals surface area (Å²) in [5.41, 5.74) is 7.29. The number of nitrogens with one attached hydrogen (secondary N) is 1. The predicted molar refractivity (Wildman–Crippen MR) is 105 cm³/mol. The fourth-order valence-corrected chi connectivity index (χ4v) is 3.29. The normalized spacial score (nSPS) is 16.5. The minimum absolute atomic E-state index is 0. The Morgan fingerprint density at radius 3 is 2.78 bits per heavy atom. The molecule has 0 bridgehead atoms. The molecule has 1 atom stereocenters. The van der Waals surface area contributed by atoms with E-state index >= 15 is 0 Å². The average molecular weight is 393 g/mol. The monoisotopic (exact) mass is 392 g/mol. The van der Waals surface area contributed by atoms with Crippen LogP contribution in [0.25, 0.3) is 11.3 Å². The molecule has 27 heavy (non-hydrogen) atoms. The Labute approximate surface area is 164 Å². The Morgan fingerprint density at radius 1 is 1.33 bits per heavy atom. The van der Waals surface area contributed by atoms with Crippen LogP contribution in [0.4, 0.5) is 0 Å². The lowest BCUT2D eigenvalue weighted by atomic mass is 9.96. The van der Waals surface area contributed by atoms with E-state index in [2.05, 4.69) is 10.5 Å². The molecular weight excluding hydrogens is 368 g/mol. The van der Waals surface area contributed by atoms with Crippen LogP contribution in [0.3, 0.4) is 0 Å². The standard InChI is InChI=1S/C19H24N4O3.ClH/c1-13-16(17(22-26-13)14-6-3-2-4-7-14)19(25)23-11-5-8-15(12-23)18(24)21-10-9-20;/h2-4,6-7,15H,5,8-12,20H2,1H3,(H,21,24);1H. The van der Waals surface area contributed by atoms with Gasteiger partial charge in [-0.05, 0) is 19.8 Å². The minimum Gasteiger partial charge on any atom is -0.360 e. The largest absolute Gasteiger partial charge is 0.360 e. The van der Waals surface area contributed by atoms with Gasteiger partial charge in [0.15, 0.2) is 0 Å². The first-order chi connectivity index (χ1) is 12.6. The summed E-state index contributed by atoms with van der Waals surface area (Å²) in [5.74, 6) is 0.0975. The number of aromatic nitrogens is 1. The Bertz CT molecular complexity index is 779. The number of likely N-dealkylation sites (tertiary alicyclic amines) is 1. The molecule has 1 fully saturated rings. The number of hydrogen-bond acceptors (Lipinski definition) is 5. The molecule has 0 saturated carbocycles. The van der Waals surface area contributed by atoms with Gasteiger partial charge < -0.3 is 20.5 Å². The zero-order valence-electron chi connectivity index (χ0n) is 15.3. The molecule has 146 valence electrons. The van der Waals surface area contributed by atoms with Crippen LogP contribution in [0.2, 0.25) is 0 Å². The van der Waals surface area contributed by atoms with E-state index in [9.17, 15) is 9.59 Å². The molecule has 1 aliphatic rings. The molecule has 3 N–H and O–H groups in total. The van der Waals surface area contributed by atoms with Crippen molar-refractivity contribution in [2.24, 2.45) is 11.7 Å². The van der Waals surface area contributed by atoms with Crippen LogP contribution in [0, 0.1) is 12.8 Å². The number of halogens is 1. The molecule has 3 rings (SSSR count). The lowest BCUT2D eigenvalue weighted by Crippen LogP contribution is -2.46. The molecule has 1 aliphatic heterocycles. The minimum atomic E-state index is -0.209. The summed E-state index contributed by atoms with van der Waals surface area (Å²) < 4.78 is 5.30. The van der Waals surface area contributed by atoms with E-state index in [1.807, 2.05) is 30.3 Å². The third-order valence-corrected chi connectivity index (χ3v) is 4.65. The second kappa shape index (κ2) is 9.53. The van der Waals surface area contributed by atoms with Crippen molar-refractivity contribution in [3.05, 3.63) is 41.7 Å². The van der Waals surface area contributed by atoms with E-state index in [-0.39, 0.29) is 30.1 Å². The third-order valence-electron chi connectivity index (χ3n) is 4.65. The van der Waals surface area contributed by atoms with Crippen molar-refractivity contribution in [3.8, 4) is 11.3 Å². The zero-order valence-corrected chi connectivity index (χ0v) is 16.1. The number of carbonyl (C=O) groups is 2. The summed E-state index contributed by atoms with van der Waals surface area (Å²) in [4.78, 5) is 27.1. The Morgan fingerprint density at radius 2 is 2.07 bits per heavy atom. The number of piperidine rings is 1. The van der Waals surface area contributed by atoms with Gasteiger partial charge in [0.1, 0.15) is 17.0 Å². The van der Waals surface area contributed by atoms with Gasteiger partial charge in [-0.25, -0.2) is 0 Å². The second-order valence-corrected chi connectivity index (χ2v) is 6.50. The molecule has 7 nitrogen and oxygen atoms in total. The molecule has 1 aromatic carbocycles. The van der Waals surface area contributed by atoms with Gasteiger partial charge in [-0.3, -0.25) is 9.59 Å². The first-order valence-corrected chi connectivity index (χ1v) is 8.90. The highest BCUT2D eigenvalue weighted by Crippen LogP contribution is 2.28. The summed E-state index contributed by atoms with van der Waals surface area (Å²) in [6, 6.07) is 9.49. The van der Waals surface area contributed by atoms with E-state index in [0.717, 1.165) is 18.4 Å². The third kappa shape index (κ3) is 4.67. The van der Waals surface area contributed by atoms with Crippen LogP contribution in [0.15, 0.2) is 34.9 Å². The van der Waals surface area contributed by atoms with E-state index in [1.165, 1.54) is 0 Å². The Hall–Kier alpha value is -2.38. The smallest absolute Gasteiger partial charge is 0.259 e. The van der Waals surface area contributed by atoms with Crippen molar-refractivity contribution in [2.75, 3.05) is 26.2 Å². The van der Waals surface area contributed by atoms with Crippen LogP contribution < -0.4 is 11.1 Å². The highest BCUT2D eigenvalue weighted by molar-refractivity contribution is 6.01. The maximum absolute atomic E-state index is 13.1. The van der Waals surface area contributed by atoms with E-state index in [0.29, 0.717) is 43.2 Å². The number of carbonyl (C=O) groups excluding carboxylic acids is 2. The van der Waals surface area contributed by atoms with Crippen molar-refractivity contribution < 1.29 is 14.1 Å². The number of benzene rings is 1. The fraction of sp³-hybridized carbons (Fsp3) is 0.421. The maximum Gasteiger partial charge on any atom is 0.259 e. The summed E-state index contributed by atoms with van der Waals surface area (Å²) >= 11 is 0. The zero-order chi connectivity index (χ0) is 18.5. The van der Waals surface area contributed by atoms with Gasteiger partial charge in [-0.2, -0.15) is 0 Å². The molecule has 2 aromatic rings. The highest BCUT2D eigenvalue weighted by Gasteiger charge is 2.32. The highest BCUT2D eigenvalue weighted by atomic mass is 35.5. The van der Waals surface area contributed by atoms with Gasteiger partial charge in [0, 0.05) is 31.7 Å². The summed E-state index contributed by atoms with van der Waals surface area (Å²) in [7, 11) is 0. The molecule has 2 heterocycles. The number of rotatable bonds is 5. The number of hydrogen-bond donors (Lipinski definition) is 2. The van der Waals surface area contributed by atoms with Crippen LogP contribution in [-0.4, -0.2) is 48.0 Å². The van der Waals surface area contributed by atoms with Crippen LogP contribution >= 0.6 is 12.4 Å². The van der Waals surface area contributed by atoms with Gasteiger partial charge >= 0.3 is 0 Å². The molecule has 8 heteroatoms. The van der Waals surface area contributed by atoms with E-state index < -0.39 is 0 Å². The van der Waals surface area contributed by atoms with Crippen molar-refractivity contribution >= 4 is 24.2 Å². The van der Waals surface area contributed by atoms with Crippen LogP contribution in [0.1, 0.15) is 29.0 Å². The Balaban J connectivity index is 0.00000261. The Kier molecular flexibility index (Phi) is 7.38. The lowest BCUT2D eigenvalue weighted by molar-refractivity contribution is -0.126. The van der Waals surface area contributed by atoms with Crippen molar-refractivity contribution in [2.45, 2.75) is 19.8 Å². The topological polar surface area (TPSA) is 101 Å². The van der Waals surface area contributed by atoms with Gasteiger partial charge in [0.05, 0.1) is 5.92 Å². The number of aryl methyl sites for hydroxylation is 1. The average Bonchev–Trinajstić information content (AvgIpc) is 3.07. The molecule has 1 saturated heterocycles. The van der Waals surface area contributed by atoms with Crippen LogP contribution in [0.5, 0.6) is 0 Å². The van der Waals surface area contributed by atoms with Gasteiger partial charge in [0.2, 0.25) is 5.91 Å². The van der Waals surface area contributed by atoms with E-state index in [4.69, 9.17) is 10.3 Å². The molecule has 1 unspecified atom stereocenters. The SMILES string of the molecule is Cc1onc(-c2ccccc2)c1C(=O)N1CCCC(C(=O)NCCN)C1.Cl.